The third kappa shape index (κ3) is 4.58. The number of para-hydroxylation sites is 2. The lowest BCUT2D eigenvalue weighted by molar-refractivity contribution is 0.171. The van der Waals surface area contributed by atoms with Crippen molar-refractivity contribution in [2.75, 3.05) is 9.80 Å². The Kier molecular flexibility index (Phi) is 7.26. The normalized spacial score (nSPS) is 19.5. The van der Waals surface area contributed by atoms with Gasteiger partial charge in [-0.15, -0.1) is 6.58 Å². The monoisotopic (exact) mass is 646 g/mol. The molecule has 0 N–H and O–H groups in total. The molecule has 5 nitrogen and oxygen atoms in total. The fourth-order valence-corrected chi connectivity index (χ4v) is 8.62. The van der Waals surface area contributed by atoms with E-state index in [9.17, 15) is 0 Å². The van der Waals surface area contributed by atoms with Gasteiger partial charge in [0.15, 0.2) is 11.6 Å². The van der Waals surface area contributed by atoms with Crippen LogP contribution in [0.3, 0.4) is 0 Å². The molecule has 2 aliphatic heterocycles. The van der Waals surface area contributed by atoms with Gasteiger partial charge in [-0.25, -0.2) is 9.97 Å². The SMILES string of the molecule is C=CC1(C)c2ccc(-c3c(CC(C)C)cc4c(oc5ccccc54)c3CC(C)C)cc2N2c3nccnc3N(c3ccccc3)C2C1(C)C. The zero-order valence-electron chi connectivity index (χ0n) is 29.8. The number of benzene rings is 4. The highest BCUT2D eigenvalue weighted by atomic mass is 16.3. The molecule has 0 aliphatic carbocycles. The summed E-state index contributed by atoms with van der Waals surface area (Å²) in [6.07, 6.45) is 7.61. The topological polar surface area (TPSA) is 45.4 Å². The molecule has 0 spiro atoms. The minimum Gasteiger partial charge on any atom is -0.456 e. The molecule has 0 saturated carbocycles. The van der Waals surface area contributed by atoms with Crippen molar-refractivity contribution in [3.05, 3.63) is 121 Å². The molecule has 0 radical (unpaired) electrons. The number of fused-ring (bicyclic) bond motifs is 8. The number of hydrogen-bond acceptors (Lipinski definition) is 5. The van der Waals surface area contributed by atoms with Crippen molar-refractivity contribution in [1.82, 2.24) is 9.97 Å². The van der Waals surface area contributed by atoms with Gasteiger partial charge in [0.1, 0.15) is 17.3 Å². The number of rotatable bonds is 7. The summed E-state index contributed by atoms with van der Waals surface area (Å²) in [6.45, 7) is 20.8. The summed E-state index contributed by atoms with van der Waals surface area (Å²) in [6, 6.07) is 28.6. The van der Waals surface area contributed by atoms with Crippen molar-refractivity contribution in [1.29, 1.82) is 0 Å². The molecular formula is C44H46N4O. The molecule has 0 saturated heterocycles. The molecule has 248 valence electrons. The standard InChI is InChI=1S/C44H46N4O/c1-9-44(8)35-20-19-29(38-30(23-27(2)3)25-33-32-17-13-14-18-37(32)49-39(33)34(38)24-28(4)5)26-36(35)48-41-40(45-21-22-46-41)47(42(48)43(44,6)7)31-15-11-10-12-16-31/h9-22,25-28,42H,1,23-24H2,2-8H3. The number of anilines is 4. The Hall–Kier alpha value is -4.90. The molecule has 5 heteroatoms. The number of allylic oxidation sites excluding steroid dienone is 1. The summed E-state index contributed by atoms with van der Waals surface area (Å²) < 4.78 is 6.73. The lowest BCUT2D eigenvalue weighted by Crippen LogP contribution is -2.60. The van der Waals surface area contributed by atoms with Gasteiger partial charge in [-0.1, -0.05) is 103 Å². The molecule has 0 bridgehead atoms. The maximum Gasteiger partial charge on any atom is 0.178 e. The Labute approximate surface area is 290 Å². The molecule has 4 heterocycles. The van der Waals surface area contributed by atoms with Crippen LogP contribution in [-0.4, -0.2) is 16.1 Å². The summed E-state index contributed by atoms with van der Waals surface area (Å²) in [7, 11) is 0. The minimum atomic E-state index is -0.346. The van der Waals surface area contributed by atoms with E-state index in [1.165, 1.54) is 38.6 Å². The molecule has 49 heavy (non-hydrogen) atoms. The van der Waals surface area contributed by atoms with E-state index < -0.39 is 0 Å². The lowest BCUT2D eigenvalue weighted by Gasteiger charge is -2.56. The van der Waals surface area contributed by atoms with E-state index in [0.717, 1.165) is 47.0 Å². The van der Waals surface area contributed by atoms with Crippen LogP contribution in [0.5, 0.6) is 0 Å². The van der Waals surface area contributed by atoms with Crippen molar-refractivity contribution in [2.24, 2.45) is 17.3 Å². The maximum absolute atomic E-state index is 6.73. The molecule has 8 rings (SSSR count). The fourth-order valence-electron chi connectivity index (χ4n) is 8.62. The Bertz CT molecular complexity index is 2230. The number of hydrogen-bond donors (Lipinski definition) is 0. The van der Waals surface area contributed by atoms with Gasteiger partial charge in [0.25, 0.3) is 0 Å². The van der Waals surface area contributed by atoms with Crippen LogP contribution in [0, 0.1) is 17.3 Å². The highest BCUT2D eigenvalue weighted by molar-refractivity contribution is 6.08. The Morgan fingerprint density at radius 3 is 2.16 bits per heavy atom. The second-order valence-corrected chi connectivity index (χ2v) is 15.6. The van der Waals surface area contributed by atoms with Gasteiger partial charge in [0.2, 0.25) is 0 Å². The second-order valence-electron chi connectivity index (χ2n) is 15.6. The molecule has 0 amide bonds. The van der Waals surface area contributed by atoms with E-state index in [4.69, 9.17) is 14.4 Å². The maximum atomic E-state index is 6.73. The molecular weight excluding hydrogens is 601 g/mol. The van der Waals surface area contributed by atoms with Crippen LogP contribution in [0.15, 0.2) is 108 Å². The van der Waals surface area contributed by atoms with Crippen LogP contribution in [0.2, 0.25) is 0 Å². The summed E-state index contributed by atoms with van der Waals surface area (Å²) in [5.74, 6) is 2.71. The van der Waals surface area contributed by atoms with Crippen LogP contribution >= 0.6 is 0 Å². The first kappa shape index (κ1) is 31.4. The van der Waals surface area contributed by atoms with Gasteiger partial charge < -0.3 is 14.2 Å². The predicted molar refractivity (Wildman–Crippen MR) is 204 cm³/mol. The summed E-state index contributed by atoms with van der Waals surface area (Å²) in [4.78, 5) is 14.8. The van der Waals surface area contributed by atoms with E-state index in [1.54, 1.807) is 0 Å². The van der Waals surface area contributed by atoms with Crippen molar-refractivity contribution in [3.63, 3.8) is 0 Å². The van der Waals surface area contributed by atoms with Crippen LogP contribution in [-0.2, 0) is 18.3 Å². The summed E-state index contributed by atoms with van der Waals surface area (Å²) in [5.41, 5.74) is 10.0. The quantitative estimate of drug-likeness (QED) is 0.162. The van der Waals surface area contributed by atoms with Gasteiger partial charge in [0.05, 0.1) is 0 Å². The Balaban J connectivity index is 1.43. The highest BCUT2D eigenvalue weighted by Crippen LogP contribution is 2.62. The van der Waals surface area contributed by atoms with E-state index in [0.29, 0.717) is 11.8 Å². The van der Waals surface area contributed by atoms with E-state index in [1.807, 2.05) is 12.4 Å². The largest absolute Gasteiger partial charge is 0.456 e. The molecule has 2 aliphatic rings. The minimum absolute atomic E-state index is 0.0822. The zero-order chi connectivity index (χ0) is 34.2. The average molecular weight is 647 g/mol. The van der Waals surface area contributed by atoms with Crippen LogP contribution in [0.25, 0.3) is 33.1 Å². The third-order valence-corrected chi connectivity index (χ3v) is 11.2. The number of nitrogens with zero attached hydrogens (tertiary/aromatic N) is 4. The van der Waals surface area contributed by atoms with E-state index >= 15 is 0 Å². The van der Waals surface area contributed by atoms with Crippen LogP contribution in [0.4, 0.5) is 23.0 Å². The summed E-state index contributed by atoms with van der Waals surface area (Å²) >= 11 is 0. The van der Waals surface area contributed by atoms with E-state index in [2.05, 4.69) is 150 Å². The average Bonchev–Trinajstić information content (AvgIpc) is 3.64. The number of aromatic nitrogens is 2. The van der Waals surface area contributed by atoms with Crippen LogP contribution < -0.4 is 9.80 Å². The van der Waals surface area contributed by atoms with Crippen molar-refractivity contribution in [2.45, 2.75) is 72.9 Å². The highest BCUT2D eigenvalue weighted by Gasteiger charge is 2.59. The molecule has 2 aromatic heterocycles. The first-order valence-electron chi connectivity index (χ1n) is 17.7. The lowest BCUT2D eigenvalue weighted by atomic mass is 9.58. The van der Waals surface area contributed by atoms with Gasteiger partial charge in [-0.05, 0) is 77.3 Å². The van der Waals surface area contributed by atoms with Crippen molar-refractivity contribution in [3.8, 4) is 11.1 Å². The predicted octanol–water partition coefficient (Wildman–Crippen LogP) is 11.5. The van der Waals surface area contributed by atoms with Gasteiger partial charge >= 0.3 is 0 Å². The molecule has 2 atom stereocenters. The molecule has 4 aromatic carbocycles. The third-order valence-electron chi connectivity index (χ3n) is 11.2. The first-order chi connectivity index (χ1) is 23.5. The van der Waals surface area contributed by atoms with Gasteiger partial charge in [-0.3, -0.25) is 0 Å². The van der Waals surface area contributed by atoms with E-state index in [-0.39, 0.29) is 17.0 Å². The molecule has 2 unspecified atom stereocenters. The smallest absolute Gasteiger partial charge is 0.178 e. The zero-order valence-corrected chi connectivity index (χ0v) is 29.8. The summed E-state index contributed by atoms with van der Waals surface area (Å²) in [5, 5.41) is 2.40. The second kappa shape index (κ2) is 11.3. The number of furan rings is 1. The van der Waals surface area contributed by atoms with Gasteiger partial charge in [-0.2, -0.15) is 0 Å². The fraction of sp³-hybridized carbons (Fsp3) is 0.318. The molecule has 6 aromatic rings. The molecule has 0 fully saturated rings. The van der Waals surface area contributed by atoms with Crippen LogP contribution in [0.1, 0.15) is 65.2 Å². The first-order valence-corrected chi connectivity index (χ1v) is 17.7. The van der Waals surface area contributed by atoms with Gasteiger partial charge in [0, 0.05) is 50.9 Å². The Morgan fingerprint density at radius 2 is 1.47 bits per heavy atom. The van der Waals surface area contributed by atoms with Crippen molar-refractivity contribution >= 4 is 44.9 Å². The Morgan fingerprint density at radius 1 is 0.796 bits per heavy atom. The van der Waals surface area contributed by atoms with Crippen molar-refractivity contribution < 1.29 is 4.42 Å².